The van der Waals surface area contributed by atoms with Crippen molar-refractivity contribution in [2.45, 2.75) is 0 Å². The summed E-state index contributed by atoms with van der Waals surface area (Å²) in [7, 11) is 0. The molecule has 1 rings (SSSR count). The largest absolute Gasteiger partial charge is 0.501 e. The molecule has 4 nitrogen and oxygen atoms in total. The Hall–Kier alpha value is -0.590. The first-order chi connectivity index (χ1) is 4.22. The fraction of sp³-hybridized carbons (Fsp3) is 0. The Morgan fingerprint density at radius 1 is 1.78 bits per heavy atom. The van der Waals surface area contributed by atoms with Gasteiger partial charge in [-0.25, -0.2) is 4.98 Å². The number of nitrogens with zero attached hydrogens (tertiary/aromatic N) is 1. The third-order valence-electron chi connectivity index (χ3n) is 0.784. The van der Waals surface area contributed by atoms with Crippen LogP contribution in [0.15, 0.2) is 11.1 Å². The molecule has 0 radical (unpaired) electrons. The number of hydrogen-bond donors (Lipinski definition) is 2. The molecule has 0 aliphatic rings. The molecule has 0 unspecified atom stereocenters. The Morgan fingerprint density at radius 2 is 2.44 bits per heavy atom. The van der Waals surface area contributed by atoms with Crippen LogP contribution in [0.25, 0.3) is 0 Å². The molecule has 0 aliphatic heterocycles. The van der Waals surface area contributed by atoms with E-state index in [0.717, 1.165) is 0 Å². The number of nitrogens with one attached hydrogen (secondary N) is 1. The van der Waals surface area contributed by atoms with Gasteiger partial charge in [-0.2, -0.15) is 0 Å². The highest BCUT2D eigenvalue weighted by molar-refractivity contribution is 14.1. The van der Waals surface area contributed by atoms with Gasteiger partial charge in [0.1, 0.15) is 3.70 Å². The summed E-state index contributed by atoms with van der Waals surface area (Å²) in [4.78, 5) is 16.3. The number of H-pyrrole nitrogens is 1. The second-order valence-electron chi connectivity index (χ2n) is 1.37. The minimum absolute atomic E-state index is 0.316. The van der Waals surface area contributed by atoms with Crippen LogP contribution in [0.5, 0.6) is 5.75 Å². The summed E-state index contributed by atoms with van der Waals surface area (Å²) < 4.78 is 0.316. The molecule has 1 aromatic heterocycles. The summed E-state index contributed by atoms with van der Waals surface area (Å²) >= 11 is 1.77. The standard InChI is InChI=1S/C4H3IN2O2/c5-3-2(8)4(9)7-1-6-3/h1,8H,(H,6,7,9). The lowest BCUT2D eigenvalue weighted by Gasteiger charge is -1.89. The number of rotatable bonds is 0. The van der Waals surface area contributed by atoms with E-state index in [2.05, 4.69) is 9.97 Å². The lowest BCUT2D eigenvalue weighted by atomic mass is 10.6. The SMILES string of the molecule is O=c1[nH]cnc(I)c1O. The van der Waals surface area contributed by atoms with Crippen molar-refractivity contribution in [1.82, 2.24) is 9.97 Å². The van der Waals surface area contributed by atoms with Crippen molar-refractivity contribution in [3.63, 3.8) is 0 Å². The monoisotopic (exact) mass is 238 g/mol. The van der Waals surface area contributed by atoms with Gasteiger partial charge in [-0.15, -0.1) is 0 Å². The van der Waals surface area contributed by atoms with Gasteiger partial charge in [0, 0.05) is 0 Å². The topological polar surface area (TPSA) is 66.0 Å². The lowest BCUT2D eigenvalue weighted by molar-refractivity contribution is 0.458. The fourth-order valence-corrected chi connectivity index (χ4v) is 0.755. The molecular formula is C4H3IN2O2. The van der Waals surface area contributed by atoms with Gasteiger partial charge < -0.3 is 10.1 Å². The second kappa shape index (κ2) is 2.34. The maximum atomic E-state index is 10.5. The molecule has 0 spiro atoms. The van der Waals surface area contributed by atoms with E-state index in [9.17, 15) is 4.79 Å². The lowest BCUT2D eigenvalue weighted by Crippen LogP contribution is -2.06. The van der Waals surface area contributed by atoms with Crippen LogP contribution >= 0.6 is 22.6 Å². The van der Waals surface area contributed by atoms with Crippen molar-refractivity contribution >= 4 is 22.6 Å². The quantitative estimate of drug-likeness (QED) is 0.496. The van der Waals surface area contributed by atoms with E-state index in [1.807, 2.05) is 0 Å². The van der Waals surface area contributed by atoms with Crippen molar-refractivity contribution < 1.29 is 5.11 Å². The molecule has 0 atom stereocenters. The highest BCUT2D eigenvalue weighted by Gasteiger charge is 1.99. The van der Waals surface area contributed by atoms with Crippen LogP contribution in [0.1, 0.15) is 0 Å². The molecule has 0 fully saturated rings. The minimum Gasteiger partial charge on any atom is -0.501 e. The first kappa shape index (κ1) is 6.53. The van der Waals surface area contributed by atoms with Crippen LogP contribution in [0.3, 0.4) is 0 Å². The zero-order valence-corrected chi connectivity index (χ0v) is 6.42. The second-order valence-corrected chi connectivity index (χ2v) is 2.39. The number of aromatic nitrogens is 2. The van der Waals surface area contributed by atoms with Crippen molar-refractivity contribution in [3.8, 4) is 5.75 Å². The highest BCUT2D eigenvalue weighted by atomic mass is 127. The van der Waals surface area contributed by atoms with E-state index < -0.39 is 5.56 Å². The smallest absolute Gasteiger partial charge is 0.294 e. The molecule has 1 heterocycles. The number of aromatic amines is 1. The van der Waals surface area contributed by atoms with E-state index in [1.54, 1.807) is 22.6 Å². The van der Waals surface area contributed by atoms with Crippen LogP contribution in [-0.4, -0.2) is 15.1 Å². The van der Waals surface area contributed by atoms with Gasteiger partial charge in [0.25, 0.3) is 5.56 Å². The fourth-order valence-electron chi connectivity index (χ4n) is 0.371. The Morgan fingerprint density at radius 3 is 2.89 bits per heavy atom. The van der Waals surface area contributed by atoms with Crippen molar-refractivity contribution in [3.05, 3.63) is 20.4 Å². The molecule has 5 heteroatoms. The van der Waals surface area contributed by atoms with E-state index in [1.165, 1.54) is 6.33 Å². The molecule has 2 N–H and O–H groups in total. The molecule has 0 saturated heterocycles. The molecule has 0 bridgehead atoms. The van der Waals surface area contributed by atoms with E-state index in [0.29, 0.717) is 3.70 Å². The third kappa shape index (κ3) is 1.21. The molecule has 0 saturated carbocycles. The highest BCUT2D eigenvalue weighted by Crippen LogP contribution is 2.07. The zero-order valence-electron chi connectivity index (χ0n) is 4.26. The van der Waals surface area contributed by atoms with Gasteiger partial charge in [-0.3, -0.25) is 4.79 Å². The predicted molar refractivity (Wildman–Crippen MR) is 39.2 cm³/mol. The van der Waals surface area contributed by atoms with Gasteiger partial charge in [-0.05, 0) is 22.6 Å². The van der Waals surface area contributed by atoms with Crippen LogP contribution in [0.4, 0.5) is 0 Å². The average molecular weight is 238 g/mol. The maximum Gasteiger partial charge on any atom is 0.294 e. The molecule has 48 valence electrons. The van der Waals surface area contributed by atoms with Gasteiger partial charge in [0.2, 0.25) is 5.75 Å². The predicted octanol–water partition coefficient (Wildman–Crippen LogP) is 0.0801. The molecule has 1 aromatic rings. The van der Waals surface area contributed by atoms with E-state index >= 15 is 0 Å². The zero-order chi connectivity index (χ0) is 6.85. The van der Waals surface area contributed by atoms with E-state index in [4.69, 9.17) is 5.11 Å². The summed E-state index contributed by atoms with van der Waals surface area (Å²) in [5.74, 6) is -0.321. The molecule has 0 aliphatic carbocycles. The van der Waals surface area contributed by atoms with Crippen molar-refractivity contribution in [1.29, 1.82) is 0 Å². The molecular weight excluding hydrogens is 235 g/mol. The third-order valence-corrected chi connectivity index (χ3v) is 1.57. The normalized spacial score (nSPS) is 9.44. The Kier molecular flexibility index (Phi) is 1.70. The Labute approximate surface area is 64.1 Å². The molecule has 0 amide bonds. The summed E-state index contributed by atoms with van der Waals surface area (Å²) in [5, 5.41) is 8.79. The Bertz CT molecular complexity index is 270. The van der Waals surface area contributed by atoms with Gasteiger partial charge in [0.15, 0.2) is 0 Å². The van der Waals surface area contributed by atoms with Gasteiger partial charge in [0.05, 0.1) is 6.33 Å². The molecule has 9 heavy (non-hydrogen) atoms. The van der Waals surface area contributed by atoms with Crippen LogP contribution in [0.2, 0.25) is 0 Å². The first-order valence-corrected chi connectivity index (χ1v) is 3.22. The molecule has 0 aromatic carbocycles. The first-order valence-electron chi connectivity index (χ1n) is 2.14. The summed E-state index contributed by atoms with van der Waals surface area (Å²) in [5.41, 5.74) is -0.505. The summed E-state index contributed by atoms with van der Waals surface area (Å²) in [6.45, 7) is 0. The number of hydrogen-bond acceptors (Lipinski definition) is 3. The van der Waals surface area contributed by atoms with Gasteiger partial charge in [-0.1, -0.05) is 0 Å². The number of aromatic hydroxyl groups is 1. The Balaban J connectivity index is 3.43. The van der Waals surface area contributed by atoms with Crippen LogP contribution < -0.4 is 5.56 Å². The van der Waals surface area contributed by atoms with Crippen molar-refractivity contribution in [2.75, 3.05) is 0 Å². The number of halogens is 1. The maximum absolute atomic E-state index is 10.5. The summed E-state index contributed by atoms with van der Waals surface area (Å²) in [6.07, 6.45) is 1.24. The van der Waals surface area contributed by atoms with Crippen LogP contribution in [-0.2, 0) is 0 Å². The van der Waals surface area contributed by atoms with Crippen LogP contribution in [0, 0.1) is 3.70 Å². The minimum atomic E-state index is -0.505. The summed E-state index contributed by atoms with van der Waals surface area (Å²) in [6, 6.07) is 0. The van der Waals surface area contributed by atoms with Crippen molar-refractivity contribution in [2.24, 2.45) is 0 Å². The van der Waals surface area contributed by atoms with E-state index in [-0.39, 0.29) is 5.75 Å². The van der Waals surface area contributed by atoms with Gasteiger partial charge >= 0.3 is 0 Å². The average Bonchev–Trinajstić information content (AvgIpc) is 1.83.